The van der Waals surface area contributed by atoms with E-state index in [2.05, 4.69) is 14.7 Å². The third-order valence-corrected chi connectivity index (χ3v) is 7.55. The Morgan fingerprint density at radius 3 is 2.09 bits per heavy atom. The summed E-state index contributed by atoms with van der Waals surface area (Å²) >= 11 is 0.938. The molecule has 0 atom stereocenters. The molecule has 5 rings (SSSR count). The minimum atomic E-state index is -2.39. The number of esters is 1. The third kappa shape index (κ3) is 6.14. The van der Waals surface area contributed by atoms with Gasteiger partial charge in [0.25, 0.3) is 0 Å². The molecule has 1 saturated heterocycles. The molecule has 1 fully saturated rings. The fourth-order valence-electron chi connectivity index (χ4n) is 4.62. The zero-order chi connectivity index (χ0) is 31.9. The van der Waals surface area contributed by atoms with Crippen LogP contribution in [0.2, 0.25) is 0 Å². The van der Waals surface area contributed by atoms with E-state index in [1.807, 2.05) is 4.57 Å². The highest BCUT2D eigenvalue weighted by Crippen LogP contribution is 2.38. The fourth-order valence-corrected chi connectivity index (χ4v) is 5.45. The molecule has 0 bridgehead atoms. The zero-order valence-electron chi connectivity index (χ0n) is 23.5. The second kappa shape index (κ2) is 11.9. The minimum Gasteiger partial charge on any atom is -0.444 e. The molecule has 44 heavy (non-hydrogen) atoms. The molecule has 0 aliphatic carbocycles. The van der Waals surface area contributed by atoms with Crippen LogP contribution in [0.1, 0.15) is 50.1 Å². The van der Waals surface area contributed by atoms with Crippen molar-refractivity contribution in [3.8, 4) is 27.7 Å². The number of thiazole rings is 1. The second-order valence-corrected chi connectivity index (χ2v) is 11.7. The number of ether oxygens (including phenoxy) is 2. The van der Waals surface area contributed by atoms with Gasteiger partial charge in [0.1, 0.15) is 22.1 Å². The number of benzene rings is 2. The number of nitrogens with zero attached hydrogens (tertiary/aromatic N) is 4. The van der Waals surface area contributed by atoms with Gasteiger partial charge in [-0.2, -0.15) is 8.78 Å². The predicted molar refractivity (Wildman–Crippen MR) is 146 cm³/mol. The van der Waals surface area contributed by atoms with Crippen molar-refractivity contribution in [3.05, 3.63) is 76.6 Å². The summed E-state index contributed by atoms with van der Waals surface area (Å²) in [6, 6.07) is 5.31. The average molecular weight is 639 g/mol. The molecule has 0 saturated carbocycles. The second-order valence-electron chi connectivity index (χ2n) is 10.9. The lowest BCUT2D eigenvalue weighted by Gasteiger charge is -2.34. The number of likely N-dealkylation sites (tertiary alicyclic amines) is 1. The number of rotatable bonds is 5. The lowest BCUT2D eigenvalue weighted by atomic mass is 10.0. The van der Waals surface area contributed by atoms with Crippen LogP contribution < -0.4 is 4.74 Å². The first-order chi connectivity index (χ1) is 20.7. The molecule has 0 radical (unpaired) electrons. The lowest BCUT2D eigenvalue weighted by molar-refractivity contribution is 0.0188. The van der Waals surface area contributed by atoms with Gasteiger partial charge in [0.15, 0.2) is 5.69 Å². The van der Waals surface area contributed by atoms with Crippen LogP contribution in [0, 0.1) is 34.9 Å². The van der Waals surface area contributed by atoms with Gasteiger partial charge in [-0.05, 0) is 57.9 Å². The number of amides is 1. The summed E-state index contributed by atoms with van der Waals surface area (Å²) in [7, 11) is 0. The van der Waals surface area contributed by atoms with E-state index in [0.717, 1.165) is 11.3 Å². The van der Waals surface area contributed by atoms with E-state index in [0.29, 0.717) is 42.9 Å². The van der Waals surface area contributed by atoms with Crippen molar-refractivity contribution in [2.24, 2.45) is 0 Å². The predicted octanol–water partition coefficient (Wildman–Crippen LogP) is 7.30. The minimum absolute atomic E-state index is 0.182. The highest BCUT2D eigenvalue weighted by molar-refractivity contribution is 7.13. The number of carbonyl (C=O) groups excluding carboxylic acids is 2. The number of hydrogen-bond acceptors (Lipinski definition) is 7. The summed E-state index contributed by atoms with van der Waals surface area (Å²) in [5.41, 5.74) is 0.204. The summed E-state index contributed by atoms with van der Waals surface area (Å²) in [5.74, 6) is -15.2. The first kappa shape index (κ1) is 31.0. The molecule has 0 spiro atoms. The van der Waals surface area contributed by atoms with Gasteiger partial charge in [-0.3, -0.25) is 0 Å². The Bertz CT molecular complexity index is 1700. The average Bonchev–Trinajstić information content (AvgIpc) is 3.65. The topological polar surface area (TPSA) is 86.5 Å². The van der Waals surface area contributed by atoms with Crippen LogP contribution in [0.5, 0.6) is 5.75 Å². The summed E-state index contributed by atoms with van der Waals surface area (Å²) < 4.78 is 94.3. The van der Waals surface area contributed by atoms with Crippen LogP contribution in [0.3, 0.4) is 0 Å². The largest absolute Gasteiger partial charge is 0.444 e. The van der Waals surface area contributed by atoms with Crippen molar-refractivity contribution in [2.75, 3.05) is 13.1 Å². The van der Waals surface area contributed by atoms with Crippen molar-refractivity contribution in [1.82, 2.24) is 19.4 Å². The molecule has 232 valence electrons. The van der Waals surface area contributed by atoms with E-state index in [-0.39, 0.29) is 11.0 Å². The van der Waals surface area contributed by atoms with Crippen LogP contribution in [0.15, 0.2) is 36.0 Å². The Morgan fingerprint density at radius 1 is 0.909 bits per heavy atom. The summed E-state index contributed by atoms with van der Waals surface area (Å²) in [4.78, 5) is 35.6. The van der Waals surface area contributed by atoms with Gasteiger partial charge in [-0.15, -0.1) is 11.3 Å². The third-order valence-electron chi connectivity index (χ3n) is 6.70. The SMILES string of the molecule is CC(C)(C)OC(=O)N1CCC(n2cnc(-c3ccc(F)cc3)c2-c2nc(C(=O)Oc3c(F)c(F)c(F)c(F)c3F)cs2)CC1. The molecule has 15 heteroatoms. The highest BCUT2D eigenvalue weighted by atomic mass is 32.1. The van der Waals surface area contributed by atoms with Crippen LogP contribution in [0.4, 0.5) is 31.1 Å². The molecule has 1 aliphatic rings. The fraction of sp³-hybridized carbons (Fsp3) is 0.310. The quantitative estimate of drug-likeness (QED) is 0.0750. The molecule has 2 aromatic heterocycles. The van der Waals surface area contributed by atoms with Gasteiger partial charge in [0.05, 0.1) is 12.0 Å². The van der Waals surface area contributed by atoms with Gasteiger partial charge >= 0.3 is 12.1 Å². The Balaban J connectivity index is 1.46. The Labute approximate surface area is 250 Å². The number of hydrogen-bond donors (Lipinski definition) is 0. The number of halogens is 6. The summed E-state index contributed by atoms with van der Waals surface area (Å²) in [5, 5.41) is 1.40. The van der Waals surface area contributed by atoms with Crippen molar-refractivity contribution in [2.45, 2.75) is 45.3 Å². The summed E-state index contributed by atoms with van der Waals surface area (Å²) in [6.07, 6.45) is 2.12. The number of piperidine rings is 1. The van der Waals surface area contributed by atoms with Crippen LogP contribution in [-0.2, 0) is 4.74 Å². The standard InChI is InChI=1S/C29H24F6N4O4S/c1-29(2,3)43-28(41)38-10-8-16(9-11-38)39-13-36-23(14-4-6-15(30)7-5-14)24(39)26-37-17(12-44-26)27(40)42-25-21(34)19(32)18(31)20(33)22(25)35/h4-7,12-13,16H,8-11H2,1-3H3. The Kier molecular flexibility index (Phi) is 8.42. The van der Waals surface area contributed by atoms with Crippen molar-refractivity contribution in [1.29, 1.82) is 0 Å². The smallest absolute Gasteiger partial charge is 0.410 e. The van der Waals surface area contributed by atoms with E-state index < -0.39 is 64.0 Å². The highest BCUT2D eigenvalue weighted by Gasteiger charge is 2.32. The van der Waals surface area contributed by atoms with E-state index in [1.54, 1.807) is 32.0 Å². The Hall–Kier alpha value is -4.40. The summed E-state index contributed by atoms with van der Waals surface area (Å²) in [6.45, 7) is 6.07. The van der Waals surface area contributed by atoms with Gasteiger partial charge in [0.2, 0.25) is 34.8 Å². The van der Waals surface area contributed by atoms with E-state index in [1.165, 1.54) is 29.6 Å². The molecule has 1 amide bonds. The van der Waals surface area contributed by atoms with Crippen molar-refractivity contribution < 1.29 is 45.4 Å². The van der Waals surface area contributed by atoms with Crippen molar-refractivity contribution >= 4 is 23.4 Å². The molecule has 0 N–H and O–H groups in total. The molecule has 2 aromatic carbocycles. The van der Waals surface area contributed by atoms with Gasteiger partial charge < -0.3 is 18.9 Å². The molecule has 0 unspecified atom stereocenters. The van der Waals surface area contributed by atoms with Crippen LogP contribution in [-0.4, -0.2) is 50.2 Å². The van der Waals surface area contributed by atoms with Crippen LogP contribution in [0.25, 0.3) is 22.0 Å². The molecule has 3 heterocycles. The maximum atomic E-state index is 14.1. The first-order valence-electron chi connectivity index (χ1n) is 13.3. The number of aromatic nitrogens is 3. The Morgan fingerprint density at radius 2 is 1.50 bits per heavy atom. The van der Waals surface area contributed by atoms with E-state index in [9.17, 15) is 35.9 Å². The normalized spacial score (nSPS) is 14.2. The maximum absolute atomic E-state index is 14.1. The number of imidazole rings is 1. The van der Waals surface area contributed by atoms with Gasteiger partial charge in [0, 0.05) is 30.1 Å². The molecular formula is C29H24F6N4O4S. The van der Waals surface area contributed by atoms with E-state index in [4.69, 9.17) is 4.74 Å². The van der Waals surface area contributed by atoms with Gasteiger partial charge in [-0.1, -0.05) is 0 Å². The van der Waals surface area contributed by atoms with E-state index >= 15 is 0 Å². The maximum Gasteiger partial charge on any atom is 0.410 e. The molecule has 8 nitrogen and oxygen atoms in total. The molecule has 4 aromatic rings. The lowest BCUT2D eigenvalue weighted by Crippen LogP contribution is -2.42. The molecular weight excluding hydrogens is 614 g/mol. The monoisotopic (exact) mass is 638 g/mol. The van der Waals surface area contributed by atoms with Crippen molar-refractivity contribution in [3.63, 3.8) is 0 Å². The first-order valence-corrected chi connectivity index (χ1v) is 14.1. The van der Waals surface area contributed by atoms with Gasteiger partial charge in [-0.25, -0.2) is 37.1 Å². The number of carbonyl (C=O) groups is 2. The molecule has 1 aliphatic heterocycles. The van der Waals surface area contributed by atoms with Crippen LogP contribution >= 0.6 is 11.3 Å². The zero-order valence-corrected chi connectivity index (χ0v) is 24.3.